The van der Waals surface area contributed by atoms with Crippen LogP contribution in [0.5, 0.6) is 0 Å². The van der Waals surface area contributed by atoms with Crippen LogP contribution < -0.4 is 0 Å². The maximum absolute atomic E-state index is 2.40. The molecule has 0 saturated heterocycles. The van der Waals surface area contributed by atoms with Crippen LogP contribution in [0.15, 0.2) is 48.5 Å². The van der Waals surface area contributed by atoms with Crippen molar-refractivity contribution in [2.24, 2.45) is 5.92 Å². The Morgan fingerprint density at radius 2 is 1.05 bits per heavy atom. The van der Waals surface area contributed by atoms with Gasteiger partial charge in [0.2, 0.25) is 0 Å². The van der Waals surface area contributed by atoms with Crippen LogP contribution >= 0.6 is 0 Å². The summed E-state index contributed by atoms with van der Waals surface area (Å²) in [6.45, 7) is 6.71. The van der Waals surface area contributed by atoms with Gasteiger partial charge in [0.1, 0.15) is 0 Å². The molecule has 0 nitrogen and oxygen atoms in total. The van der Waals surface area contributed by atoms with Gasteiger partial charge < -0.3 is 0 Å². The van der Waals surface area contributed by atoms with Crippen LogP contribution in [0.4, 0.5) is 0 Å². The van der Waals surface area contributed by atoms with E-state index in [4.69, 9.17) is 0 Å². The zero-order chi connectivity index (χ0) is 13.4. The summed E-state index contributed by atoms with van der Waals surface area (Å²) in [5, 5.41) is 0. The molecule has 3 rings (SSSR count). The lowest BCUT2D eigenvalue weighted by molar-refractivity contribution is 0.224. The molecule has 98 valence electrons. The summed E-state index contributed by atoms with van der Waals surface area (Å²) < 4.78 is 0. The monoisotopic (exact) mass is 250 g/mol. The van der Waals surface area contributed by atoms with E-state index in [-0.39, 0.29) is 0 Å². The van der Waals surface area contributed by atoms with Crippen LogP contribution in [0.3, 0.4) is 0 Å². The Kier molecular flexibility index (Phi) is 3.18. The summed E-state index contributed by atoms with van der Waals surface area (Å²) in [5.74, 6) is 2.24. The van der Waals surface area contributed by atoms with Crippen molar-refractivity contribution in [1.82, 2.24) is 0 Å². The summed E-state index contributed by atoms with van der Waals surface area (Å²) in [7, 11) is 0. The third-order valence-electron chi connectivity index (χ3n) is 4.79. The minimum Gasteiger partial charge on any atom is -0.0613 e. The molecule has 0 aliphatic heterocycles. The summed E-state index contributed by atoms with van der Waals surface area (Å²) >= 11 is 0. The minimum absolute atomic E-state index is 0.743. The average molecular weight is 250 g/mol. The first-order valence-electron chi connectivity index (χ1n) is 7.28. The van der Waals surface area contributed by atoms with Gasteiger partial charge in [0.25, 0.3) is 0 Å². The molecule has 2 aromatic rings. The van der Waals surface area contributed by atoms with Gasteiger partial charge >= 0.3 is 0 Å². The van der Waals surface area contributed by atoms with Gasteiger partial charge in [-0.1, -0.05) is 66.6 Å². The van der Waals surface area contributed by atoms with E-state index in [1.807, 2.05) is 0 Å². The highest BCUT2D eigenvalue weighted by Gasteiger charge is 2.39. The van der Waals surface area contributed by atoms with E-state index in [1.165, 1.54) is 28.7 Å². The maximum Gasteiger partial charge on any atom is -0.0124 e. The number of hydrogen-bond donors (Lipinski definition) is 0. The van der Waals surface area contributed by atoms with Crippen LogP contribution in [0.25, 0.3) is 0 Å². The van der Waals surface area contributed by atoms with Crippen molar-refractivity contribution in [2.75, 3.05) is 0 Å². The molecule has 0 bridgehead atoms. The highest BCUT2D eigenvalue weighted by molar-refractivity contribution is 5.33. The molecule has 19 heavy (non-hydrogen) atoms. The van der Waals surface area contributed by atoms with Crippen LogP contribution in [-0.2, 0) is 0 Å². The predicted molar refractivity (Wildman–Crippen MR) is 81.6 cm³/mol. The van der Waals surface area contributed by atoms with Gasteiger partial charge in [-0.25, -0.2) is 0 Å². The van der Waals surface area contributed by atoms with Gasteiger partial charge in [-0.05, 0) is 49.1 Å². The Hall–Kier alpha value is -1.56. The molecule has 2 atom stereocenters. The van der Waals surface area contributed by atoms with Crippen molar-refractivity contribution >= 4 is 0 Å². The second-order valence-corrected chi connectivity index (χ2v) is 6.13. The molecule has 0 heteroatoms. The Balaban J connectivity index is 1.74. The molecule has 0 heterocycles. The molecule has 0 amide bonds. The molecule has 0 aromatic heterocycles. The predicted octanol–water partition coefficient (Wildman–Crippen LogP) is 5.21. The van der Waals surface area contributed by atoms with Crippen LogP contribution in [0, 0.1) is 19.8 Å². The first-order valence-corrected chi connectivity index (χ1v) is 7.28. The SMILES string of the molecule is Cc1ccc(C2CC(c3ccc(C)cc3)C2C)cc1. The van der Waals surface area contributed by atoms with Gasteiger partial charge in [-0.3, -0.25) is 0 Å². The zero-order valence-electron chi connectivity index (χ0n) is 12.1. The Morgan fingerprint density at radius 3 is 1.37 bits per heavy atom. The van der Waals surface area contributed by atoms with E-state index in [2.05, 4.69) is 69.3 Å². The van der Waals surface area contributed by atoms with Gasteiger partial charge in [0, 0.05) is 0 Å². The molecular formula is C19H22. The lowest BCUT2D eigenvalue weighted by atomic mass is 9.61. The molecule has 2 aromatic carbocycles. The number of benzene rings is 2. The molecule has 1 fully saturated rings. The van der Waals surface area contributed by atoms with Gasteiger partial charge in [0.05, 0.1) is 0 Å². The highest BCUT2D eigenvalue weighted by atomic mass is 14.4. The summed E-state index contributed by atoms with van der Waals surface area (Å²) in [5.41, 5.74) is 5.74. The Bertz CT molecular complexity index is 496. The lowest BCUT2D eigenvalue weighted by Crippen LogP contribution is -2.30. The second kappa shape index (κ2) is 4.85. The molecule has 1 aliphatic rings. The van der Waals surface area contributed by atoms with E-state index in [0.717, 1.165) is 17.8 Å². The fourth-order valence-electron chi connectivity index (χ4n) is 3.29. The minimum atomic E-state index is 0.743. The summed E-state index contributed by atoms with van der Waals surface area (Å²) in [6.07, 6.45) is 1.30. The Morgan fingerprint density at radius 1 is 0.684 bits per heavy atom. The van der Waals surface area contributed by atoms with Crippen molar-refractivity contribution in [1.29, 1.82) is 0 Å². The molecule has 0 spiro atoms. The second-order valence-electron chi connectivity index (χ2n) is 6.13. The maximum atomic E-state index is 2.40. The largest absolute Gasteiger partial charge is 0.0613 e. The molecule has 1 saturated carbocycles. The van der Waals surface area contributed by atoms with Crippen molar-refractivity contribution < 1.29 is 0 Å². The Labute approximate surface area is 116 Å². The van der Waals surface area contributed by atoms with Crippen molar-refractivity contribution in [3.63, 3.8) is 0 Å². The summed E-state index contributed by atoms with van der Waals surface area (Å²) in [6, 6.07) is 18.2. The first kappa shape index (κ1) is 12.5. The van der Waals surface area contributed by atoms with Crippen LogP contribution in [-0.4, -0.2) is 0 Å². The van der Waals surface area contributed by atoms with Gasteiger partial charge in [-0.2, -0.15) is 0 Å². The zero-order valence-corrected chi connectivity index (χ0v) is 12.1. The fraction of sp³-hybridized carbons (Fsp3) is 0.368. The normalized spacial score (nSPS) is 25.9. The molecule has 2 unspecified atom stereocenters. The van der Waals surface area contributed by atoms with Crippen molar-refractivity contribution in [2.45, 2.75) is 39.0 Å². The van der Waals surface area contributed by atoms with Crippen molar-refractivity contribution in [3.05, 3.63) is 70.8 Å². The van der Waals surface area contributed by atoms with Crippen LogP contribution in [0.2, 0.25) is 0 Å². The summed E-state index contributed by atoms with van der Waals surface area (Å²) in [4.78, 5) is 0. The lowest BCUT2D eigenvalue weighted by Gasteiger charge is -2.43. The van der Waals surface area contributed by atoms with E-state index in [9.17, 15) is 0 Å². The van der Waals surface area contributed by atoms with Gasteiger partial charge in [-0.15, -0.1) is 0 Å². The van der Waals surface area contributed by atoms with Crippen molar-refractivity contribution in [3.8, 4) is 0 Å². The van der Waals surface area contributed by atoms with Gasteiger partial charge in [0.15, 0.2) is 0 Å². The topological polar surface area (TPSA) is 0 Å². The number of aryl methyl sites for hydroxylation is 2. The molecular weight excluding hydrogens is 228 g/mol. The quantitative estimate of drug-likeness (QED) is 0.686. The third kappa shape index (κ3) is 2.32. The molecule has 0 radical (unpaired) electrons. The highest BCUT2D eigenvalue weighted by Crippen LogP contribution is 2.52. The fourth-order valence-corrected chi connectivity index (χ4v) is 3.29. The smallest absolute Gasteiger partial charge is 0.0124 e. The average Bonchev–Trinajstić information content (AvgIpc) is 2.41. The molecule has 0 N–H and O–H groups in total. The van der Waals surface area contributed by atoms with Crippen LogP contribution in [0.1, 0.15) is 47.4 Å². The van der Waals surface area contributed by atoms with E-state index in [1.54, 1.807) is 0 Å². The van der Waals surface area contributed by atoms with E-state index < -0.39 is 0 Å². The number of hydrogen-bond acceptors (Lipinski definition) is 0. The molecule has 1 aliphatic carbocycles. The third-order valence-corrected chi connectivity index (χ3v) is 4.79. The van der Waals surface area contributed by atoms with E-state index >= 15 is 0 Å². The number of rotatable bonds is 2. The first-order chi connectivity index (χ1) is 9.15. The standard InChI is InChI=1S/C19H22/c1-13-4-8-16(9-5-13)18-12-19(15(18)3)17-10-6-14(2)7-11-17/h4-11,15,18-19H,12H2,1-3H3. The van der Waals surface area contributed by atoms with E-state index in [0.29, 0.717) is 0 Å².